The first-order valence-electron chi connectivity index (χ1n) is 5.37. The van der Waals surface area contributed by atoms with E-state index in [2.05, 4.69) is 15.0 Å². The van der Waals surface area contributed by atoms with Crippen LogP contribution in [0.3, 0.4) is 0 Å². The second-order valence-electron chi connectivity index (χ2n) is 4.00. The molecule has 0 aromatic carbocycles. The van der Waals surface area contributed by atoms with Gasteiger partial charge in [-0.3, -0.25) is 0 Å². The zero-order valence-corrected chi connectivity index (χ0v) is 9.51. The van der Waals surface area contributed by atoms with Crippen molar-refractivity contribution in [1.82, 2.24) is 15.0 Å². The summed E-state index contributed by atoms with van der Waals surface area (Å²) in [4.78, 5) is 12.5. The highest BCUT2D eigenvalue weighted by molar-refractivity contribution is 5.18. The maximum atomic E-state index is 5.65. The topological polar surface area (TPSA) is 83.2 Å². The van der Waals surface area contributed by atoms with Gasteiger partial charge in [0.05, 0.1) is 19.8 Å². The lowest BCUT2D eigenvalue weighted by molar-refractivity contribution is -0.0936. The predicted molar refractivity (Wildman–Crippen MR) is 57.8 cm³/mol. The molecule has 0 aliphatic carbocycles. The minimum atomic E-state index is -0.225. The van der Waals surface area contributed by atoms with E-state index >= 15 is 0 Å². The number of hydrogen-bond donors (Lipinski definition) is 1. The maximum absolute atomic E-state index is 5.65. The summed E-state index contributed by atoms with van der Waals surface area (Å²) in [7, 11) is 0. The molecule has 1 atom stereocenters. The fourth-order valence-corrected chi connectivity index (χ4v) is 1.47. The Morgan fingerprint density at radius 2 is 2.06 bits per heavy atom. The monoisotopic (exact) mass is 224 g/mol. The van der Waals surface area contributed by atoms with Gasteiger partial charge < -0.3 is 15.2 Å². The Morgan fingerprint density at radius 1 is 1.25 bits per heavy atom. The summed E-state index contributed by atoms with van der Waals surface area (Å²) in [5.41, 5.74) is 5.65. The third kappa shape index (κ3) is 2.45. The second kappa shape index (κ2) is 4.71. The van der Waals surface area contributed by atoms with Crippen LogP contribution in [0.25, 0.3) is 0 Å². The molecule has 0 bridgehead atoms. The minimum Gasteiger partial charge on any atom is -0.376 e. The molecule has 0 spiro atoms. The number of aromatic nitrogens is 3. The Kier molecular flexibility index (Phi) is 3.31. The molecule has 1 fully saturated rings. The SMILES string of the molecule is CC(C)c1nc(N)nc(C2COCCO2)n1. The molecule has 0 amide bonds. The number of hydrogen-bond acceptors (Lipinski definition) is 6. The van der Waals surface area contributed by atoms with Crippen LogP contribution in [0.15, 0.2) is 0 Å². The van der Waals surface area contributed by atoms with Crippen LogP contribution in [-0.2, 0) is 9.47 Å². The van der Waals surface area contributed by atoms with Crippen LogP contribution in [0.4, 0.5) is 5.95 Å². The Bertz CT molecular complexity index is 364. The lowest BCUT2D eigenvalue weighted by Gasteiger charge is -2.22. The van der Waals surface area contributed by atoms with Gasteiger partial charge in [0.1, 0.15) is 11.9 Å². The van der Waals surface area contributed by atoms with Crippen LogP contribution < -0.4 is 5.73 Å². The lowest BCUT2D eigenvalue weighted by atomic mass is 10.2. The van der Waals surface area contributed by atoms with Crippen LogP contribution in [-0.4, -0.2) is 34.8 Å². The smallest absolute Gasteiger partial charge is 0.223 e. The van der Waals surface area contributed by atoms with Gasteiger partial charge in [0.25, 0.3) is 0 Å². The molecule has 1 aliphatic heterocycles. The summed E-state index contributed by atoms with van der Waals surface area (Å²) >= 11 is 0. The fraction of sp³-hybridized carbons (Fsp3) is 0.700. The van der Waals surface area contributed by atoms with E-state index in [0.29, 0.717) is 31.5 Å². The fourth-order valence-electron chi connectivity index (χ4n) is 1.47. The molecule has 1 unspecified atom stereocenters. The molecule has 2 heterocycles. The molecule has 0 radical (unpaired) electrons. The van der Waals surface area contributed by atoms with E-state index in [-0.39, 0.29) is 18.0 Å². The molecule has 6 nitrogen and oxygen atoms in total. The maximum Gasteiger partial charge on any atom is 0.223 e. The van der Waals surface area contributed by atoms with Crippen molar-refractivity contribution in [3.05, 3.63) is 11.6 Å². The van der Waals surface area contributed by atoms with Crippen molar-refractivity contribution in [2.24, 2.45) is 0 Å². The van der Waals surface area contributed by atoms with Gasteiger partial charge in [-0.15, -0.1) is 0 Å². The van der Waals surface area contributed by atoms with Crippen molar-refractivity contribution in [3.63, 3.8) is 0 Å². The molecule has 1 aromatic heterocycles. The summed E-state index contributed by atoms with van der Waals surface area (Å²) in [6.07, 6.45) is -0.225. The highest BCUT2D eigenvalue weighted by Gasteiger charge is 2.21. The molecule has 1 saturated heterocycles. The summed E-state index contributed by atoms with van der Waals surface area (Å²) in [5.74, 6) is 1.71. The second-order valence-corrected chi connectivity index (χ2v) is 4.00. The Labute approximate surface area is 94.2 Å². The van der Waals surface area contributed by atoms with E-state index in [1.54, 1.807) is 0 Å². The van der Waals surface area contributed by atoms with E-state index in [1.165, 1.54) is 0 Å². The van der Waals surface area contributed by atoms with E-state index in [4.69, 9.17) is 15.2 Å². The Hall–Kier alpha value is -1.27. The predicted octanol–water partition coefficient (Wildman–Crippen LogP) is 0.665. The third-order valence-corrected chi connectivity index (χ3v) is 2.31. The van der Waals surface area contributed by atoms with Crippen molar-refractivity contribution in [2.45, 2.75) is 25.9 Å². The molecule has 2 N–H and O–H groups in total. The van der Waals surface area contributed by atoms with Gasteiger partial charge in [-0.2, -0.15) is 9.97 Å². The van der Waals surface area contributed by atoms with Crippen molar-refractivity contribution >= 4 is 5.95 Å². The van der Waals surface area contributed by atoms with Crippen LogP contribution in [0, 0.1) is 0 Å². The summed E-state index contributed by atoms with van der Waals surface area (Å²) < 4.78 is 10.8. The van der Waals surface area contributed by atoms with Gasteiger partial charge in [0.2, 0.25) is 5.95 Å². The van der Waals surface area contributed by atoms with Gasteiger partial charge in [-0.1, -0.05) is 13.8 Å². The molecule has 88 valence electrons. The molecule has 6 heteroatoms. The summed E-state index contributed by atoms with van der Waals surface area (Å²) in [5, 5.41) is 0. The molecule has 16 heavy (non-hydrogen) atoms. The first-order chi connectivity index (χ1) is 7.66. The van der Waals surface area contributed by atoms with Crippen LogP contribution >= 0.6 is 0 Å². The highest BCUT2D eigenvalue weighted by atomic mass is 16.6. The zero-order valence-electron chi connectivity index (χ0n) is 9.51. The number of rotatable bonds is 2. The van der Waals surface area contributed by atoms with E-state index in [1.807, 2.05) is 13.8 Å². The van der Waals surface area contributed by atoms with E-state index in [0.717, 1.165) is 0 Å². The summed E-state index contributed by atoms with van der Waals surface area (Å²) in [6.45, 7) is 5.68. The average Bonchev–Trinajstić information content (AvgIpc) is 2.29. The number of ether oxygens (including phenoxy) is 2. The summed E-state index contributed by atoms with van der Waals surface area (Å²) in [6, 6.07) is 0. The largest absolute Gasteiger partial charge is 0.376 e. The van der Waals surface area contributed by atoms with Crippen molar-refractivity contribution in [2.75, 3.05) is 25.6 Å². The molecule has 0 saturated carbocycles. The van der Waals surface area contributed by atoms with Crippen molar-refractivity contribution in [3.8, 4) is 0 Å². The first-order valence-corrected chi connectivity index (χ1v) is 5.37. The zero-order chi connectivity index (χ0) is 11.5. The third-order valence-electron chi connectivity index (χ3n) is 2.31. The van der Waals surface area contributed by atoms with Crippen LogP contribution in [0.1, 0.15) is 37.5 Å². The number of nitrogens with two attached hydrogens (primary N) is 1. The van der Waals surface area contributed by atoms with Crippen molar-refractivity contribution in [1.29, 1.82) is 0 Å². The normalized spacial score (nSPS) is 21.3. The van der Waals surface area contributed by atoms with Gasteiger partial charge in [0, 0.05) is 5.92 Å². The van der Waals surface area contributed by atoms with Gasteiger partial charge in [-0.25, -0.2) is 4.98 Å². The first kappa shape index (κ1) is 11.2. The van der Waals surface area contributed by atoms with E-state index in [9.17, 15) is 0 Å². The van der Waals surface area contributed by atoms with Gasteiger partial charge >= 0.3 is 0 Å². The van der Waals surface area contributed by atoms with Crippen LogP contribution in [0.2, 0.25) is 0 Å². The van der Waals surface area contributed by atoms with Crippen molar-refractivity contribution < 1.29 is 9.47 Å². The molecular formula is C10H16N4O2. The van der Waals surface area contributed by atoms with E-state index < -0.39 is 0 Å². The quantitative estimate of drug-likeness (QED) is 0.794. The molecule has 2 rings (SSSR count). The Balaban J connectivity index is 2.25. The minimum absolute atomic E-state index is 0.216. The standard InChI is InChI=1S/C10H16N4O2/c1-6(2)8-12-9(14-10(11)13-8)7-5-15-3-4-16-7/h6-7H,3-5H2,1-2H3,(H2,11,12,13,14). The van der Waals surface area contributed by atoms with Gasteiger partial charge in [0.15, 0.2) is 5.82 Å². The molecule has 1 aliphatic rings. The Morgan fingerprint density at radius 3 is 2.69 bits per heavy atom. The average molecular weight is 224 g/mol. The number of anilines is 1. The highest BCUT2D eigenvalue weighted by Crippen LogP contribution is 2.19. The lowest BCUT2D eigenvalue weighted by Crippen LogP contribution is -2.24. The number of nitrogen functional groups attached to an aromatic ring is 1. The molecular weight excluding hydrogens is 208 g/mol. The van der Waals surface area contributed by atoms with Crippen LogP contribution in [0.5, 0.6) is 0 Å². The van der Waals surface area contributed by atoms with Gasteiger partial charge in [-0.05, 0) is 0 Å². The number of nitrogens with zero attached hydrogens (tertiary/aromatic N) is 3. The molecule has 1 aromatic rings.